The number of hydrogen-bond donors (Lipinski definition) is 1. The summed E-state index contributed by atoms with van der Waals surface area (Å²) in [6.07, 6.45) is 2.86. The molecular weight excluding hydrogens is 363 g/mol. The number of carbonyl (C=O) groups excluding carboxylic acids is 2. The van der Waals surface area contributed by atoms with E-state index in [4.69, 9.17) is 14.7 Å². The largest absolute Gasteiger partial charge is 0.493 e. The smallest absolute Gasteiger partial charge is 0.346 e. The van der Waals surface area contributed by atoms with Crippen LogP contribution in [0.2, 0.25) is 0 Å². The maximum Gasteiger partial charge on any atom is 0.346 e. The molecule has 2 rings (SSSR count). The lowest BCUT2D eigenvalue weighted by atomic mass is 10.1. The molecule has 0 aliphatic heterocycles. The highest BCUT2D eigenvalue weighted by atomic mass is 19.1. The fraction of sp³-hybridized carbons (Fsp3) is 0.0952. The molecule has 0 bridgehead atoms. The summed E-state index contributed by atoms with van der Waals surface area (Å²) in [5.74, 6) is -1.86. The molecule has 0 saturated heterocycles. The Balaban J connectivity index is 2.26. The highest BCUT2D eigenvalue weighted by Crippen LogP contribution is 2.30. The molecule has 2 aromatic carbocycles. The van der Waals surface area contributed by atoms with Gasteiger partial charge in [0.25, 0.3) is 5.91 Å². The van der Waals surface area contributed by atoms with Crippen LogP contribution in [0.4, 0.5) is 4.39 Å². The van der Waals surface area contributed by atoms with Crippen LogP contribution in [0.3, 0.4) is 0 Å². The van der Waals surface area contributed by atoms with Crippen LogP contribution in [-0.4, -0.2) is 25.5 Å². The number of ether oxygens (including phenoxy) is 2. The Bertz CT molecular complexity index is 977. The number of benzene rings is 2. The van der Waals surface area contributed by atoms with Crippen molar-refractivity contribution in [1.82, 2.24) is 5.32 Å². The fourth-order valence-corrected chi connectivity index (χ4v) is 2.22. The molecule has 0 aromatic heterocycles. The summed E-state index contributed by atoms with van der Waals surface area (Å²) < 4.78 is 24.1. The Morgan fingerprint density at radius 3 is 2.64 bits per heavy atom. The molecule has 7 heteroatoms. The van der Waals surface area contributed by atoms with Crippen molar-refractivity contribution in [2.45, 2.75) is 0 Å². The van der Waals surface area contributed by atoms with Gasteiger partial charge in [-0.05, 0) is 35.9 Å². The molecule has 28 heavy (non-hydrogen) atoms. The molecule has 0 heterocycles. The number of esters is 1. The Kier molecular flexibility index (Phi) is 7.06. The third-order valence-corrected chi connectivity index (χ3v) is 3.57. The summed E-state index contributed by atoms with van der Waals surface area (Å²) in [6, 6.07) is 11.7. The first-order chi connectivity index (χ1) is 13.5. The highest BCUT2D eigenvalue weighted by Gasteiger charge is 2.16. The van der Waals surface area contributed by atoms with Gasteiger partial charge in [0.2, 0.25) is 0 Å². The first-order valence-corrected chi connectivity index (χ1v) is 8.15. The van der Waals surface area contributed by atoms with Crippen LogP contribution in [0.25, 0.3) is 6.08 Å². The van der Waals surface area contributed by atoms with Crippen molar-refractivity contribution < 1.29 is 23.5 Å². The van der Waals surface area contributed by atoms with Crippen molar-refractivity contribution in [3.63, 3.8) is 0 Å². The van der Waals surface area contributed by atoms with Gasteiger partial charge in [0.1, 0.15) is 17.5 Å². The van der Waals surface area contributed by atoms with E-state index in [1.807, 2.05) is 6.07 Å². The molecule has 0 radical (unpaired) electrons. The molecular formula is C21H17FN2O4. The van der Waals surface area contributed by atoms with Crippen LogP contribution in [0, 0.1) is 17.1 Å². The van der Waals surface area contributed by atoms with Crippen molar-refractivity contribution in [2.24, 2.45) is 0 Å². The van der Waals surface area contributed by atoms with Crippen molar-refractivity contribution in [3.05, 3.63) is 77.6 Å². The molecule has 0 spiro atoms. The van der Waals surface area contributed by atoms with Gasteiger partial charge in [-0.2, -0.15) is 5.26 Å². The molecule has 1 N–H and O–H groups in total. The Labute approximate surface area is 161 Å². The standard InChI is InChI=1S/C21H17FN2O4/c1-3-10-24-20(25)15(13-23)11-14-8-9-18(19(12-14)27-2)28-21(26)16-6-4-5-7-17(16)22/h3-9,11-12H,1,10H2,2H3,(H,24,25)/b15-11-. The number of methoxy groups -OCH3 is 1. The molecule has 0 unspecified atom stereocenters. The molecule has 6 nitrogen and oxygen atoms in total. The number of rotatable bonds is 7. The van der Waals surface area contributed by atoms with Crippen molar-refractivity contribution in [1.29, 1.82) is 5.26 Å². The Hall–Kier alpha value is -3.92. The summed E-state index contributed by atoms with van der Waals surface area (Å²) >= 11 is 0. The molecule has 2 aromatic rings. The van der Waals surface area contributed by atoms with Gasteiger partial charge in [-0.3, -0.25) is 4.79 Å². The molecule has 0 saturated carbocycles. The van der Waals surface area contributed by atoms with E-state index >= 15 is 0 Å². The van der Waals surface area contributed by atoms with Gasteiger partial charge < -0.3 is 14.8 Å². The van der Waals surface area contributed by atoms with Gasteiger partial charge in [0.05, 0.1) is 12.7 Å². The zero-order valence-electron chi connectivity index (χ0n) is 15.1. The van der Waals surface area contributed by atoms with Crippen LogP contribution in [0.1, 0.15) is 15.9 Å². The van der Waals surface area contributed by atoms with Gasteiger partial charge in [-0.25, -0.2) is 9.18 Å². The SMILES string of the molecule is C=CCNC(=O)/C(C#N)=C\c1ccc(OC(=O)c2ccccc2F)c(OC)c1. The second-order valence-electron chi connectivity index (χ2n) is 5.45. The van der Waals surface area contributed by atoms with E-state index in [1.165, 1.54) is 55.7 Å². The molecule has 142 valence electrons. The minimum Gasteiger partial charge on any atom is -0.493 e. The number of nitriles is 1. The predicted octanol–water partition coefficient (Wildman–Crippen LogP) is 3.26. The molecule has 0 aliphatic rings. The molecule has 0 fully saturated rings. The average Bonchev–Trinajstić information content (AvgIpc) is 2.71. The average molecular weight is 380 g/mol. The lowest BCUT2D eigenvalue weighted by molar-refractivity contribution is -0.116. The number of carbonyl (C=O) groups is 2. The summed E-state index contributed by atoms with van der Waals surface area (Å²) in [6.45, 7) is 3.71. The lowest BCUT2D eigenvalue weighted by Crippen LogP contribution is -2.24. The van der Waals surface area contributed by atoms with Crippen LogP contribution in [0.15, 0.2) is 60.7 Å². The third-order valence-electron chi connectivity index (χ3n) is 3.57. The van der Waals surface area contributed by atoms with E-state index in [0.29, 0.717) is 5.56 Å². The Morgan fingerprint density at radius 1 is 1.25 bits per heavy atom. The highest BCUT2D eigenvalue weighted by molar-refractivity contribution is 6.01. The van der Waals surface area contributed by atoms with E-state index in [-0.39, 0.29) is 29.2 Å². The number of halogens is 1. The summed E-state index contributed by atoms with van der Waals surface area (Å²) in [4.78, 5) is 24.1. The lowest BCUT2D eigenvalue weighted by Gasteiger charge is -2.10. The number of hydrogen-bond acceptors (Lipinski definition) is 5. The topological polar surface area (TPSA) is 88.4 Å². The number of amides is 1. The summed E-state index contributed by atoms with van der Waals surface area (Å²) in [5.41, 5.74) is 0.159. The van der Waals surface area contributed by atoms with Crippen LogP contribution >= 0.6 is 0 Å². The van der Waals surface area contributed by atoms with Crippen molar-refractivity contribution >= 4 is 18.0 Å². The quantitative estimate of drug-likeness (QED) is 0.262. The maximum atomic E-state index is 13.7. The zero-order valence-corrected chi connectivity index (χ0v) is 15.1. The molecule has 0 aliphatic carbocycles. The summed E-state index contributed by atoms with van der Waals surface area (Å²) in [7, 11) is 1.37. The predicted molar refractivity (Wildman–Crippen MR) is 101 cm³/mol. The van der Waals surface area contributed by atoms with E-state index in [0.717, 1.165) is 6.07 Å². The van der Waals surface area contributed by atoms with E-state index in [1.54, 1.807) is 0 Å². The van der Waals surface area contributed by atoms with Crippen molar-refractivity contribution in [2.75, 3.05) is 13.7 Å². The zero-order chi connectivity index (χ0) is 20.5. The first kappa shape index (κ1) is 20.4. The van der Waals surface area contributed by atoms with Gasteiger partial charge in [0.15, 0.2) is 11.5 Å². The number of nitrogens with one attached hydrogen (secondary N) is 1. The van der Waals surface area contributed by atoms with Crippen molar-refractivity contribution in [3.8, 4) is 17.6 Å². The second-order valence-corrected chi connectivity index (χ2v) is 5.45. The molecule has 0 atom stereocenters. The monoisotopic (exact) mass is 380 g/mol. The van der Waals surface area contributed by atoms with Crippen LogP contribution in [0.5, 0.6) is 11.5 Å². The van der Waals surface area contributed by atoms with Crippen LogP contribution < -0.4 is 14.8 Å². The van der Waals surface area contributed by atoms with Gasteiger partial charge >= 0.3 is 5.97 Å². The second kappa shape index (κ2) is 9.69. The summed E-state index contributed by atoms with van der Waals surface area (Å²) in [5, 5.41) is 11.7. The maximum absolute atomic E-state index is 13.7. The molecule has 1 amide bonds. The van der Waals surface area contributed by atoms with E-state index < -0.39 is 17.7 Å². The first-order valence-electron chi connectivity index (χ1n) is 8.15. The van der Waals surface area contributed by atoms with E-state index in [9.17, 15) is 14.0 Å². The van der Waals surface area contributed by atoms with Crippen LogP contribution in [-0.2, 0) is 4.79 Å². The van der Waals surface area contributed by atoms with Gasteiger partial charge in [-0.15, -0.1) is 6.58 Å². The fourth-order valence-electron chi connectivity index (χ4n) is 2.22. The Morgan fingerprint density at radius 2 is 2.00 bits per heavy atom. The van der Waals surface area contributed by atoms with Gasteiger partial charge in [0, 0.05) is 6.54 Å². The minimum atomic E-state index is -0.874. The minimum absolute atomic E-state index is 0.0718. The van der Waals surface area contributed by atoms with E-state index in [2.05, 4.69) is 11.9 Å². The number of nitrogens with zero attached hydrogens (tertiary/aromatic N) is 1. The van der Waals surface area contributed by atoms with Gasteiger partial charge in [-0.1, -0.05) is 24.3 Å². The normalized spacial score (nSPS) is 10.5. The third kappa shape index (κ3) is 5.05.